The summed E-state index contributed by atoms with van der Waals surface area (Å²) in [5.41, 5.74) is 1.86. The van der Waals surface area contributed by atoms with Crippen molar-refractivity contribution in [2.45, 2.75) is 13.5 Å². The van der Waals surface area contributed by atoms with Crippen LogP contribution in [0.15, 0.2) is 60.8 Å². The van der Waals surface area contributed by atoms with Crippen molar-refractivity contribution in [3.63, 3.8) is 0 Å². The van der Waals surface area contributed by atoms with E-state index >= 15 is 0 Å². The first-order valence-corrected chi connectivity index (χ1v) is 9.71. The number of imidazole rings is 1. The van der Waals surface area contributed by atoms with Gasteiger partial charge in [-0.2, -0.15) is 0 Å². The third kappa shape index (κ3) is 4.58. The first-order valence-electron chi connectivity index (χ1n) is 9.71. The van der Waals surface area contributed by atoms with Gasteiger partial charge in [-0.1, -0.05) is 6.07 Å². The van der Waals surface area contributed by atoms with Crippen molar-refractivity contribution in [1.82, 2.24) is 14.5 Å². The quantitative estimate of drug-likeness (QED) is 0.451. The van der Waals surface area contributed by atoms with Gasteiger partial charge in [-0.05, 0) is 43.3 Å². The third-order valence-electron chi connectivity index (χ3n) is 4.63. The maximum Gasteiger partial charge on any atom is 0.335 e. The maximum absolute atomic E-state index is 11.1. The van der Waals surface area contributed by atoms with Gasteiger partial charge in [0.1, 0.15) is 29.7 Å². The molecule has 8 heteroatoms. The Hall–Kier alpha value is -4.07. The Labute approximate surface area is 178 Å². The Morgan fingerprint density at radius 3 is 2.68 bits per heavy atom. The van der Waals surface area contributed by atoms with Crippen molar-refractivity contribution in [2.24, 2.45) is 7.05 Å². The number of carbonyl (C=O) groups is 1. The van der Waals surface area contributed by atoms with E-state index in [9.17, 15) is 4.79 Å². The molecule has 0 atom stereocenters. The van der Waals surface area contributed by atoms with Crippen molar-refractivity contribution in [3.8, 4) is 23.1 Å². The second kappa shape index (κ2) is 8.74. The summed E-state index contributed by atoms with van der Waals surface area (Å²) in [5.74, 6) is 1.97. The molecule has 0 radical (unpaired) electrons. The molecular formula is C23H21N3O5. The molecule has 4 aromatic rings. The van der Waals surface area contributed by atoms with Crippen LogP contribution in [0.25, 0.3) is 11.0 Å². The van der Waals surface area contributed by atoms with Crippen molar-refractivity contribution in [1.29, 1.82) is 0 Å². The zero-order chi connectivity index (χ0) is 21.8. The fourth-order valence-corrected chi connectivity index (χ4v) is 3.10. The van der Waals surface area contributed by atoms with Gasteiger partial charge in [-0.3, -0.25) is 0 Å². The number of carboxylic acid groups (broad SMARTS) is 1. The fourth-order valence-electron chi connectivity index (χ4n) is 3.10. The van der Waals surface area contributed by atoms with Crippen molar-refractivity contribution < 1.29 is 24.1 Å². The van der Waals surface area contributed by atoms with Gasteiger partial charge in [0.25, 0.3) is 0 Å². The van der Waals surface area contributed by atoms with E-state index < -0.39 is 5.97 Å². The van der Waals surface area contributed by atoms with Gasteiger partial charge < -0.3 is 23.9 Å². The monoisotopic (exact) mass is 419 g/mol. The molecule has 4 rings (SSSR count). The molecule has 0 spiro atoms. The van der Waals surface area contributed by atoms with E-state index in [1.165, 1.54) is 12.1 Å². The number of benzene rings is 2. The third-order valence-corrected chi connectivity index (χ3v) is 4.63. The lowest BCUT2D eigenvalue weighted by atomic mass is 10.2. The first-order chi connectivity index (χ1) is 15.0. The van der Waals surface area contributed by atoms with Crippen LogP contribution in [0.5, 0.6) is 23.1 Å². The van der Waals surface area contributed by atoms with Crippen LogP contribution in [0.4, 0.5) is 0 Å². The summed E-state index contributed by atoms with van der Waals surface area (Å²) in [6.45, 7) is 2.63. The van der Waals surface area contributed by atoms with Gasteiger partial charge in [-0.25, -0.2) is 14.8 Å². The minimum atomic E-state index is -0.997. The Bertz CT molecular complexity index is 1240. The number of ether oxygens (including phenoxy) is 3. The molecule has 0 bridgehead atoms. The number of aryl methyl sites for hydroxylation is 1. The van der Waals surface area contributed by atoms with E-state index in [1.54, 1.807) is 30.5 Å². The summed E-state index contributed by atoms with van der Waals surface area (Å²) in [7, 11) is 1.89. The molecular weight excluding hydrogens is 398 g/mol. The van der Waals surface area contributed by atoms with E-state index in [2.05, 4.69) is 9.97 Å². The second-order valence-electron chi connectivity index (χ2n) is 6.72. The predicted molar refractivity (Wildman–Crippen MR) is 114 cm³/mol. The molecule has 158 valence electrons. The zero-order valence-corrected chi connectivity index (χ0v) is 17.1. The summed E-state index contributed by atoms with van der Waals surface area (Å²) < 4.78 is 19.0. The van der Waals surface area contributed by atoms with E-state index in [0.29, 0.717) is 35.6 Å². The normalized spacial score (nSPS) is 10.8. The number of aromatic carboxylic acids is 1. The van der Waals surface area contributed by atoms with Crippen LogP contribution in [-0.4, -0.2) is 32.2 Å². The van der Waals surface area contributed by atoms with Crippen LogP contribution in [-0.2, 0) is 13.7 Å². The van der Waals surface area contributed by atoms with Gasteiger partial charge in [0.2, 0.25) is 5.88 Å². The minimum Gasteiger partial charge on any atom is -0.486 e. The summed E-state index contributed by atoms with van der Waals surface area (Å²) in [6.07, 6.45) is 1.64. The number of hydrogen-bond acceptors (Lipinski definition) is 6. The number of hydrogen-bond donors (Lipinski definition) is 1. The summed E-state index contributed by atoms with van der Waals surface area (Å²) in [4.78, 5) is 19.9. The van der Waals surface area contributed by atoms with E-state index in [-0.39, 0.29) is 12.2 Å². The van der Waals surface area contributed by atoms with Crippen LogP contribution in [0.1, 0.15) is 23.1 Å². The summed E-state index contributed by atoms with van der Waals surface area (Å²) >= 11 is 0. The molecule has 8 nitrogen and oxygen atoms in total. The molecule has 2 aromatic heterocycles. The van der Waals surface area contributed by atoms with E-state index in [4.69, 9.17) is 19.3 Å². The lowest BCUT2D eigenvalue weighted by molar-refractivity contribution is 0.0696. The molecule has 0 unspecified atom stereocenters. The zero-order valence-electron chi connectivity index (χ0n) is 17.1. The van der Waals surface area contributed by atoms with Crippen molar-refractivity contribution in [3.05, 3.63) is 72.2 Å². The van der Waals surface area contributed by atoms with E-state index in [0.717, 1.165) is 11.0 Å². The number of pyridine rings is 1. The van der Waals surface area contributed by atoms with Crippen LogP contribution in [0, 0.1) is 0 Å². The molecule has 2 heterocycles. The number of fused-ring (bicyclic) bond motifs is 1. The molecule has 31 heavy (non-hydrogen) atoms. The van der Waals surface area contributed by atoms with Gasteiger partial charge in [0.05, 0.1) is 23.2 Å². The largest absolute Gasteiger partial charge is 0.486 e. The number of rotatable bonds is 8. The lowest BCUT2D eigenvalue weighted by Crippen LogP contribution is -2.04. The average Bonchev–Trinajstić information content (AvgIpc) is 3.08. The molecule has 0 saturated carbocycles. The SMILES string of the molecule is CCOc1cc(Oc2ccc3nc(COc4cccc(C(=O)O)c4)n(C)c3c2)ccn1. The average molecular weight is 419 g/mol. The Morgan fingerprint density at radius 2 is 1.87 bits per heavy atom. The first kappa shape index (κ1) is 20.2. The Kier molecular flexibility index (Phi) is 5.70. The van der Waals surface area contributed by atoms with Crippen molar-refractivity contribution >= 4 is 17.0 Å². The van der Waals surface area contributed by atoms with Gasteiger partial charge in [-0.15, -0.1) is 0 Å². The molecule has 0 aliphatic rings. The molecule has 0 amide bonds. The molecule has 0 fully saturated rings. The number of carboxylic acids is 1. The van der Waals surface area contributed by atoms with Gasteiger partial charge in [0.15, 0.2) is 0 Å². The molecule has 2 aromatic carbocycles. The Balaban J connectivity index is 1.52. The predicted octanol–water partition coefficient (Wildman–Crippen LogP) is 4.44. The number of aromatic nitrogens is 3. The smallest absolute Gasteiger partial charge is 0.335 e. The van der Waals surface area contributed by atoms with Crippen LogP contribution < -0.4 is 14.2 Å². The highest BCUT2D eigenvalue weighted by Crippen LogP contribution is 2.27. The highest BCUT2D eigenvalue weighted by Gasteiger charge is 2.11. The lowest BCUT2D eigenvalue weighted by Gasteiger charge is -2.08. The number of nitrogens with zero attached hydrogens (tertiary/aromatic N) is 3. The topological polar surface area (TPSA) is 95.7 Å². The minimum absolute atomic E-state index is 0.174. The van der Waals surface area contributed by atoms with Gasteiger partial charge >= 0.3 is 5.97 Å². The van der Waals surface area contributed by atoms with Crippen LogP contribution in [0.3, 0.4) is 0 Å². The summed E-state index contributed by atoms with van der Waals surface area (Å²) in [6, 6.07) is 15.5. The maximum atomic E-state index is 11.1. The summed E-state index contributed by atoms with van der Waals surface area (Å²) in [5, 5.41) is 9.11. The molecule has 0 saturated heterocycles. The second-order valence-corrected chi connectivity index (χ2v) is 6.72. The highest BCUT2D eigenvalue weighted by molar-refractivity contribution is 5.88. The highest BCUT2D eigenvalue weighted by atomic mass is 16.5. The molecule has 0 aliphatic heterocycles. The van der Waals surface area contributed by atoms with Crippen LogP contribution >= 0.6 is 0 Å². The van der Waals surface area contributed by atoms with E-state index in [1.807, 2.05) is 36.7 Å². The fraction of sp³-hybridized carbons (Fsp3) is 0.174. The molecule has 0 aliphatic carbocycles. The van der Waals surface area contributed by atoms with Crippen LogP contribution in [0.2, 0.25) is 0 Å². The molecule has 1 N–H and O–H groups in total. The Morgan fingerprint density at radius 1 is 1.03 bits per heavy atom. The van der Waals surface area contributed by atoms with Gasteiger partial charge in [0, 0.05) is 25.4 Å². The van der Waals surface area contributed by atoms with Crippen molar-refractivity contribution in [2.75, 3.05) is 6.61 Å². The standard InChI is InChI=1S/C23H21N3O5/c1-3-29-22-13-18(9-10-24-22)31-17-7-8-19-20(12-17)26(2)21(25-19)14-30-16-6-4-5-15(11-16)23(27)28/h4-13H,3,14H2,1-2H3,(H,27,28).